The summed E-state index contributed by atoms with van der Waals surface area (Å²) in [6.45, 7) is 0. The van der Waals surface area contributed by atoms with Gasteiger partial charge in [0.1, 0.15) is 11.1 Å². The van der Waals surface area contributed by atoms with Crippen molar-refractivity contribution < 1.29 is 9.72 Å². The maximum absolute atomic E-state index is 12.8. The van der Waals surface area contributed by atoms with Gasteiger partial charge in [-0.15, -0.1) is 5.10 Å². The fourth-order valence-electron chi connectivity index (χ4n) is 3.69. The van der Waals surface area contributed by atoms with Gasteiger partial charge in [-0.3, -0.25) is 20.2 Å². The number of fused-ring (bicyclic) bond motifs is 1. The number of carbonyl (C=O) groups excluding carboxylic acids is 1. The lowest BCUT2D eigenvalue weighted by atomic mass is 10.0. The van der Waals surface area contributed by atoms with E-state index < -0.39 is 10.8 Å². The molecule has 10 heteroatoms. The zero-order valence-corrected chi connectivity index (χ0v) is 18.3. The molecule has 1 amide bonds. The van der Waals surface area contributed by atoms with Crippen LogP contribution in [-0.4, -0.2) is 25.6 Å². The molecule has 4 aromatic rings. The van der Waals surface area contributed by atoms with Crippen molar-refractivity contribution in [2.75, 3.05) is 10.6 Å². The smallest absolute Gasteiger partial charge is 0.288 e. The monoisotopic (exact) mass is 472 g/mol. The van der Waals surface area contributed by atoms with Gasteiger partial charge in [0.15, 0.2) is 0 Å². The predicted octanol–water partition coefficient (Wildman–Crippen LogP) is 5.15. The quantitative estimate of drug-likeness (QED) is 0.306. The molecule has 1 aliphatic rings. The standard InChI is InChI=1S/C24H17ClN6O3/c25-18-12-11-17(13-21(18)31(33)34)22(32)27-23-28-24-26-19(15-7-3-1-4-8-15)14-20(30(24)29-23)16-9-5-2-6-10-16/h1-14,20H,(H2,26,27,28,29,32)/t20-/m0/s1. The van der Waals surface area contributed by atoms with Crippen molar-refractivity contribution in [1.29, 1.82) is 0 Å². The van der Waals surface area contributed by atoms with Crippen molar-refractivity contribution in [3.63, 3.8) is 0 Å². The van der Waals surface area contributed by atoms with Crippen molar-refractivity contribution in [3.05, 3.63) is 117 Å². The second-order valence-electron chi connectivity index (χ2n) is 7.51. The molecule has 5 rings (SSSR count). The number of carbonyl (C=O) groups is 1. The average Bonchev–Trinajstić information content (AvgIpc) is 3.26. The van der Waals surface area contributed by atoms with E-state index in [4.69, 9.17) is 11.6 Å². The Kier molecular flexibility index (Phi) is 5.52. The first-order valence-corrected chi connectivity index (χ1v) is 10.7. The third-order valence-electron chi connectivity index (χ3n) is 5.32. The number of nitro benzene ring substituents is 1. The fraction of sp³-hybridized carbons (Fsp3) is 0.0417. The number of benzene rings is 3. The Balaban J connectivity index is 1.48. The third kappa shape index (κ3) is 4.12. The molecule has 0 aliphatic carbocycles. The van der Waals surface area contributed by atoms with Crippen molar-refractivity contribution in [2.24, 2.45) is 0 Å². The molecule has 34 heavy (non-hydrogen) atoms. The highest BCUT2D eigenvalue weighted by atomic mass is 35.5. The highest BCUT2D eigenvalue weighted by molar-refractivity contribution is 6.32. The Morgan fingerprint density at radius 3 is 2.47 bits per heavy atom. The molecular formula is C24H17ClN6O3. The van der Waals surface area contributed by atoms with E-state index in [0.717, 1.165) is 22.9 Å². The number of rotatable bonds is 5. The van der Waals surface area contributed by atoms with E-state index in [0.29, 0.717) is 5.95 Å². The minimum absolute atomic E-state index is 0.0495. The predicted molar refractivity (Wildman–Crippen MR) is 129 cm³/mol. The van der Waals surface area contributed by atoms with Crippen LogP contribution in [0.3, 0.4) is 0 Å². The first-order chi connectivity index (χ1) is 16.5. The topological polar surface area (TPSA) is 115 Å². The minimum atomic E-state index is -0.641. The normalized spacial score (nSPS) is 14.5. The molecule has 3 aromatic carbocycles. The second-order valence-corrected chi connectivity index (χ2v) is 7.92. The molecule has 0 bridgehead atoms. The van der Waals surface area contributed by atoms with Crippen LogP contribution in [-0.2, 0) is 0 Å². The van der Waals surface area contributed by atoms with Gasteiger partial charge in [0.25, 0.3) is 17.5 Å². The maximum Gasteiger partial charge on any atom is 0.288 e. The maximum atomic E-state index is 12.8. The van der Waals surface area contributed by atoms with Gasteiger partial charge in [0, 0.05) is 17.3 Å². The Morgan fingerprint density at radius 1 is 1.06 bits per heavy atom. The molecule has 1 aromatic heterocycles. The van der Waals surface area contributed by atoms with Crippen LogP contribution in [0.5, 0.6) is 0 Å². The highest BCUT2D eigenvalue weighted by Gasteiger charge is 2.26. The zero-order chi connectivity index (χ0) is 23.7. The lowest BCUT2D eigenvalue weighted by Crippen LogP contribution is -2.20. The lowest BCUT2D eigenvalue weighted by molar-refractivity contribution is -0.384. The van der Waals surface area contributed by atoms with Crippen LogP contribution >= 0.6 is 11.6 Å². The van der Waals surface area contributed by atoms with Gasteiger partial charge < -0.3 is 5.32 Å². The number of nitrogens with one attached hydrogen (secondary N) is 2. The molecular weight excluding hydrogens is 456 g/mol. The summed E-state index contributed by atoms with van der Waals surface area (Å²) in [6.07, 6.45) is 2.04. The Morgan fingerprint density at radius 2 is 1.76 bits per heavy atom. The van der Waals surface area contributed by atoms with Crippen molar-refractivity contribution in [2.45, 2.75) is 6.04 Å². The van der Waals surface area contributed by atoms with Crippen LogP contribution in [0, 0.1) is 10.1 Å². The summed E-state index contributed by atoms with van der Waals surface area (Å²) in [5.74, 6) is -0.0726. The van der Waals surface area contributed by atoms with E-state index in [1.807, 2.05) is 66.7 Å². The number of nitro groups is 1. The number of nitrogens with zero attached hydrogens (tertiary/aromatic N) is 4. The van der Waals surface area contributed by atoms with Crippen LogP contribution in [0.15, 0.2) is 84.9 Å². The van der Waals surface area contributed by atoms with Gasteiger partial charge in [0.2, 0.25) is 5.95 Å². The minimum Gasteiger partial charge on any atom is -0.324 e. The number of aromatic nitrogens is 3. The molecule has 0 radical (unpaired) electrons. The first-order valence-electron chi connectivity index (χ1n) is 10.3. The molecule has 2 heterocycles. The van der Waals surface area contributed by atoms with Crippen LogP contribution in [0.1, 0.15) is 27.5 Å². The first kappa shape index (κ1) is 21.4. The van der Waals surface area contributed by atoms with E-state index in [1.54, 1.807) is 4.68 Å². The summed E-state index contributed by atoms with van der Waals surface area (Å²) < 4.78 is 1.68. The number of anilines is 2. The van der Waals surface area contributed by atoms with Crippen LogP contribution in [0.4, 0.5) is 17.6 Å². The SMILES string of the molecule is O=C(Nc1nc2n(n1)[C@H](c1ccccc1)C=C(c1ccccc1)N2)c1ccc(Cl)c([N+](=O)[O-])c1. The summed E-state index contributed by atoms with van der Waals surface area (Å²) in [4.78, 5) is 27.7. The number of hydrogen-bond donors (Lipinski definition) is 2. The highest BCUT2D eigenvalue weighted by Crippen LogP contribution is 2.33. The van der Waals surface area contributed by atoms with E-state index >= 15 is 0 Å². The Labute approximate surface area is 198 Å². The third-order valence-corrected chi connectivity index (χ3v) is 5.64. The van der Waals surface area contributed by atoms with Crippen LogP contribution in [0.2, 0.25) is 5.02 Å². The molecule has 9 nitrogen and oxygen atoms in total. The Hall–Kier alpha value is -4.50. The number of hydrogen-bond acceptors (Lipinski definition) is 6. The van der Waals surface area contributed by atoms with Crippen molar-refractivity contribution >= 4 is 40.8 Å². The van der Waals surface area contributed by atoms with Gasteiger partial charge in [-0.05, 0) is 29.3 Å². The molecule has 1 atom stereocenters. The van der Waals surface area contributed by atoms with Gasteiger partial charge in [0.05, 0.1) is 4.92 Å². The molecule has 2 N–H and O–H groups in total. The summed E-state index contributed by atoms with van der Waals surface area (Å²) >= 11 is 5.85. The molecule has 0 fully saturated rings. The van der Waals surface area contributed by atoms with Gasteiger partial charge >= 0.3 is 0 Å². The summed E-state index contributed by atoms with van der Waals surface area (Å²) in [6, 6.07) is 23.2. The van der Waals surface area contributed by atoms with E-state index in [-0.39, 0.29) is 28.3 Å². The van der Waals surface area contributed by atoms with E-state index in [2.05, 4.69) is 20.7 Å². The van der Waals surface area contributed by atoms with Gasteiger partial charge in [-0.2, -0.15) is 4.98 Å². The summed E-state index contributed by atoms with van der Waals surface area (Å²) in [5.41, 5.74) is 2.56. The van der Waals surface area contributed by atoms with E-state index in [9.17, 15) is 14.9 Å². The molecule has 0 saturated heterocycles. The van der Waals surface area contributed by atoms with Crippen molar-refractivity contribution in [3.8, 4) is 0 Å². The fourth-order valence-corrected chi connectivity index (χ4v) is 3.87. The second kappa shape index (κ2) is 8.80. The number of amides is 1. The van der Waals surface area contributed by atoms with Gasteiger partial charge in [-0.1, -0.05) is 72.3 Å². The Bertz CT molecular complexity index is 1420. The summed E-state index contributed by atoms with van der Waals surface area (Å²) in [5, 5.41) is 21.5. The van der Waals surface area contributed by atoms with Crippen LogP contribution in [0.25, 0.3) is 5.70 Å². The largest absolute Gasteiger partial charge is 0.324 e. The summed E-state index contributed by atoms with van der Waals surface area (Å²) in [7, 11) is 0. The molecule has 1 aliphatic heterocycles. The number of allylic oxidation sites excluding steroid dienone is 1. The lowest BCUT2D eigenvalue weighted by Gasteiger charge is -2.24. The molecule has 168 valence electrons. The number of halogens is 1. The molecule has 0 unspecified atom stereocenters. The molecule has 0 spiro atoms. The van der Waals surface area contributed by atoms with Gasteiger partial charge in [-0.25, -0.2) is 4.68 Å². The average molecular weight is 473 g/mol. The molecule has 0 saturated carbocycles. The van der Waals surface area contributed by atoms with Crippen LogP contribution < -0.4 is 10.6 Å². The zero-order valence-electron chi connectivity index (χ0n) is 17.6. The van der Waals surface area contributed by atoms with Crippen molar-refractivity contribution in [1.82, 2.24) is 14.8 Å². The van der Waals surface area contributed by atoms with E-state index in [1.165, 1.54) is 12.1 Å².